The average Bonchev–Trinajstić information content (AvgIpc) is 2.37. The minimum atomic E-state index is 0.487. The summed E-state index contributed by atoms with van der Waals surface area (Å²) in [5.41, 5.74) is 0. The lowest BCUT2D eigenvalue weighted by atomic mass is 10.1. The lowest BCUT2D eigenvalue weighted by Crippen LogP contribution is -2.45. The van der Waals surface area contributed by atoms with Crippen LogP contribution in [0.4, 0.5) is 0 Å². The van der Waals surface area contributed by atoms with E-state index < -0.39 is 0 Å². The molecule has 0 aromatic carbocycles. The number of hydrogen-bond donors (Lipinski definition) is 2. The van der Waals surface area contributed by atoms with E-state index in [4.69, 9.17) is 0 Å². The van der Waals surface area contributed by atoms with E-state index >= 15 is 0 Å². The monoisotopic (exact) mass is 270 g/mol. The second-order valence-corrected chi connectivity index (χ2v) is 5.61. The number of rotatable bonds is 9. The van der Waals surface area contributed by atoms with Crippen LogP contribution in [-0.4, -0.2) is 50.1 Å². The zero-order valence-electron chi connectivity index (χ0n) is 13.8. The van der Waals surface area contributed by atoms with E-state index in [1.54, 1.807) is 0 Å². The van der Waals surface area contributed by atoms with E-state index in [-0.39, 0.29) is 0 Å². The molecule has 0 amide bonds. The maximum Gasteiger partial charge on any atom is 0.191 e. The predicted molar refractivity (Wildman–Crippen MR) is 85.9 cm³/mol. The van der Waals surface area contributed by atoms with Crippen LogP contribution >= 0.6 is 0 Å². The molecule has 1 unspecified atom stereocenters. The molecule has 0 aliphatic heterocycles. The first-order valence-corrected chi connectivity index (χ1v) is 7.68. The van der Waals surface area contributed by atoms with Crippen molar-refractivity contribution in [2.24, 2.45) is 4.99 Å². The maximum absolute atomic E-state index is 4.27. The second-order valence-electron chi connectivity index (χ2n) is 5.61. The SMILES string of the molecule is CCCCCC(C)NC(=NC)NCCN(C)C(C)C. The van der Waals surface area contributed by atoms with E-state index in [9.17, 15) is 0 Å². The van der Waals surface area contributed by atoms with Crippen molar-refractivity contribution in [3.05, 3.63) is 0 Å². The smallest absolute Gasteiger partial charge is 0.191 e. The highest BCUT2D eigenvalue weighted by molar-refractivity contribution is 5.79. The molecule has 0 spiro atoms. The van der Waals surface area contributed by atoms with Gasteiger partial charge in [0.2, 0.25) is 0 Å². The van der Waals surface area contributed by atoms with Gasteiger partial charge >= 0.3 is 0 Å². The number of nitrogens with one attached hydrogen (secondary N) is 2. The van der Waals surface area contributed by atoms with Crippen LogP contribution in [-0.2, 0) is 0 Å². The summed E-state index contributed by atoms with van der Waals surface area (Å²) < 4.78 is 0. The van der Waals surface area contributed by atoms with Crippen LogP contribution in [0.3, 0.4) is 0 Å². The van der Waals surface area contributed by atoms with Gasteiger partial charge in [-0.25, -0.2) is 0 Å². The Morgan fingerprint density at radius 3 is 2.42 bits per heavy atom. The third-order valence-corrected chi connectivity index (χ3v) is 3.49. The molecule has 0 saturated heterocycles. The highest BCUT2D eigenvalue weighted by atomic mass is 15.2. The molecule has 0 aliphatic rings. The lowest BCUT2D eigenvalue weighted by molar-refractivity contribution is 0.278. The van der Waals surface area contributed by atoms with Crippen LogP contribution in [0.15, 0.2) is 4.99 Å². The summed E-state index contributed by atoms with van der Waals surface area (Å²) in [6.45, 7) is 10.8. The topological polar surface area (TPSA) is 39.7 Å². The molecule has 19 heavy (non-hydrogen) atoms. The van der Waals surface area contributed by atoms with Gasteiger partial charge in [-0.05, 0) is 34.2 Å². The summed E-state index contributed by atoms with van der Waals surface area (Å²) in [4.78, 5) is 6.60. The Morgan fingerprint density at radius 2 is 1.89 bits per heavy atom. The summed E-state index contributed by atoms with van der Waals surface area (Å²) in [5.74, 6) is 0.918. The van der Waals surface area contributed by atoms with E-state index in [2.05, 4.69) is 55.3 Å². The van der Waals surface area contributed by atoms with Gasteiger partial charge in [0, 0.05) is 32.2 Å². The molecule has 1 atom stereocenters. The van der Waals surface area contributed by atoms with Gasteiger partial charge < -0.3 is 15.5 Å². The van der Waals surface area contributed by atoms with Crippen LogP contribution in [0.25, 0.3) is 0 Å². The molecule has 0 aromatic heterocycles. The van der Waals surface area contributed by atoms with Crippen molar-refractivity contribution in [1.29, 1.82) is 0 Å². The molecule has 2 N–H and O–H groups in total. The summed E-state index contributed by atoms with van der Waals surface area (Å²) in [7, 11) is 3.98. The Morgan fingerprint density at radius 1 is 1.21 bits per heavy atom. The standard InChI is InChI=1S/C15H34N4/c1-7-8-9-10-14(4)18-15(16-5)17-11-12-19(6)13(2)3/h13-14H,7-12H2,1-6H3,(H2,16,17,18). The van der Waals surface area contributed by atoms with Crippen LogP contribution < -0.4 is 10.6 Å². The molecule has 0 bridgehead atoms. The van der Waals surface area contributed by atoms with Crippen LogP contribution in [0, 0.1) is 0 Å². The zero-order chi connectivity index (χ0) is 14.7. The molecule has 0 rings (SSSR count). The summed E-state index contributed by atoms with van der Waals surface area (Å²) in [6.07, 6.45) is 5.09. The van der Waals surface area contributed by atoms with E-state index in [1.165, 1.54) is 25.7 Å². The zero-order valence-corrected chi connectivity index (χ0v) is 13.8. The van der Waals surface area contributed by atoms with Gasteiger partial charge in [0.1, 0.15) is 0 Å². The molecule has 114 valence electrons. The highest BCUT2D eigenvalue weighted by Crippen LogP contribution is 2.02. The van der Waals surface area contributed by atoms with Crippen LogP contribution in [0.5, 0.6) is 0 Å². The Bertz CT molecular complexity index is 238. The van der Waals surface area contributed by atoms with Crippen molar-refractivity contribution in [3.63, 3.8) is 0 Å². The number of unbranched alkanes of at least 4 members (excludes halogenated alkanes) is 2. The molecule has 0 fully saturated rings. The fraction of sp³-hybridized carbons (Fsp3) is 0.933. The van der Waals surface area contributed by atoms with Gasteiger partial charge in [-0.1, -0.05) is 26.2 Å². The number of aliphatic imine (C=N–C) groups is 1. The first kappa shape index (κ1) is 18.2. The molecule has 0 aliphatic carbocycles. The molecule has 0 aromatic rings. The number of likely N-dealkylation sites (N-methyl/N-ethyl adjacent to an activating group) is 1. The Kier molecular flexibility index (Phi) is 10.6. The van der Waals surface area contributed by atoms with Crippen LogP contribution in [0.2, 0.25) is 0 Å². The predicted octanol–water partition coefficient (Wildman–Crippen LogP) is 2.46. The number of nitrogens with zero attached hydrogens (tertiary/aromatic N) is 2. The van der Waals surface area contributed by atoms with Gasteiger partial charge in [-0.3, -0.25) is 4.99 Å². The largest absolute Gasteiger partial charge is 0.355 e. The molecular weight excluding hydrogens is 236 g/mol. The molecule has 4 heteroatoms. The quantitative estimate of drug-likeness (QED) is 0.384. The van der Waals surface area contributed by atoms with Crippen molar-refractivity contribution in [1.82, 2.24) is 15.5 Å². The van der Waals surface area contributed by atoms with Gasteiger partial charge in [0.15, 0.2) is 5.96 Å². The van der Waals surface area contributed by atoms with Gasteiger partial charge in [-0.2, -0.15) is 0 Å². The third-order valence-electron chi connectivity index (χ3n) is 3.49. The summed E-state index contributed by atoms with van der Waals surface area (Å²) in [5, 5.41) is 6.82. The highest BCUT2D eigenvalue weighted by Gasteiger charge is 2.06. The minimum Gasteiger partial charge on any atom is -0.355 e. The first-order valence-electron chi connectivity index (χ1n) is 7.68. The molecule has 4 nitrogen and oxygen atoms in total. The molecule has 0 heterocycles. The molecule has 0 saturated carbocycles. The van der Waals surface area contributed by atoms with Gasteiger partial charge in [0.25, 0.3) is 0 Å². The number of guanidine groups is 1. The van der Waals surface area contributed by atoms with E-state index in [1.807, 2.05) is 7.05 Å². The Balaban J connectivity index is 3.83. The average molecular weight is 270 g/mol. The second kappa shape index (κ2) is 11.1. The Hall–Kier alpha value is -0.770. The van der Waals surface area contributed by atoms with Crippen molar-refractivity contribution in [2.75, 3.05) is 27.2 Å². The maximum atomic E-state index is 4.27. The fourth-order valence-electron chi connectivity index (χ4n) is 1.81. The first-order chi connectivity index (χ1) is 9.01. The fourth-order valence-corrected chi connectivity index (χ4v) is 1.81. The van der Waals surface area contributed by atoms with Gasteiger partial charge in [-0.15, -0.1) is 0 Å². The number of hydrogen-bond acceptors (Lipinski definition) is 2. The van der Waals surface area contributed by atoms with E-state index in [0.717, 1.165) is 19.0 Å². The van der Waals surface area contributed by atoms with Gasteiger partial charge in [0.05, 0.1) is 0 Å². The summed E-state index contributed by atoms with van der Waals surface area (Å²) >= 11 is 0. The Labute approximate surface area is 120 Å². The molecule has 0 radical (unpaired) electrons. The summed E-state index contributed by atoms with van der Waals surface area (Å²) in [6, 6.07) is 1.07. The van der Waals surface area contributed by atoms with E-state index in [0.29, 0.717) is 12.1 Å². The third kappa shape index (κ3) is 9.77. The van der Waals surface area contributed by atoms with Crippen molar-refractivity contribution < 1.29 is 0 Å². The minimum absolute atomic E-state index is 0.487. The van der Waals surface area contributed by atoms with Crippen molar-refractivity contribution in [2.45, 2.75) is 65.5 Å². The normalized spacial score (nSPS) is 14.0. The van der Waals surface area contributed by atoms with Crippen molar-refractivity contribution >= 4 is 5.96 Å². The molecular formula is C15H34N4. The van der Waals surface area contributed by atoms with Crippen molar-refractivity contribution in [3.8, 4) is 0 Å². The van der Waals surface area contributed by atoms with Crippen LogP contribution in [0.1, 0.15) is 53.4 Å². The lowest BCUT2D eigenvalue weighted by Gasteiger charge is -2.22.